The molecule has 0 saturated carbocycles. The van der Waals surface area contributed by atoms with Gasteiger partial charge in [-0.05, 0) is 38.1 Å². The van der Waals surface area contributed by atoms with E-state index in [1.54, 1.807) is 25.6 Å². The molecule has 3 rings (SSSR count). The Balaban J connectivity index is 2.11. The maximum Gasteiger partial charge on any atom is 0.180 e. The average Bonchev–Trinajstić information content (AvgIpc) is 2.90. The fourth-order valence-electron chi connectivity index (χ4n) is 2.64. The third kappa shape index (κ3) is 2.78. The highest BCUT2D eigenvalue weighted by Crippen LogP contribution is 2.35. The number of hydrogen-bond acceptors (Lipinski definition) is 5. The van der Waals surface area contributed by atoms with Crippen molar-refractivity contribution in [3.05, 3.63) is 48.4 Å². The lowest BCUT2D eigenvalue weighted by molar-refractivity contribution is 0.195. The van der Waals surface area contributed by atoms with Gasteiger partial charge in [0.2, 0.25) is 0 Å². The number of aromatic nitrogens is 3. The second-order valence-electron chi connectivity index (χ2n) is 5.22. The molecule has 0 bridgehead atoms. The maximum absolute atomic E-state index is 10.6. The minimum absolute atomic E-state index is 0.409. The van der Waals surface area contributed by atoms with Crippen molar-refractivity contribution < 1.29 is 14.7 Å². The smallest absolute Gasteiger partial charge is 0.180 e. The Labute approximate surface area is 140 Å². The Morgan fingerprint density at radius 2 is 2.08 bits per heavy atom. The van der Waals surface area contributed by atoms with E-state index in [1.165, 1.54) is 0 Å². The molecule has 0 spiro atoms. The Kier molecular flexibility index (Phi) is 4.37. The highest BCUT2D eigenvalue weighted by atomic mass is 16.5. The van der Waals surface area contributed by atoms with Gasteiger partial charge in [-0.25, -0.2) is 4.98 Å². The predicted octanol–water partition coefficient (Wildman–Crippen LogP) is 3.57. The Morgan fingerprint density at radius 3 is 2.75 bits per heavy atom. The van der Waals surface area contributed by atoms with Gasteiger partial charge in [-0.2, -0.15) is 4.73 Å². The van der Waals surface area contributed by atoms with Gasteiger partial charge < -0.3 is 14.7 Å². The lowest BCUT2D eigenvalue weighted by Crippen LogP contribution is -2.00. The van der Waals surface area contributed by atoms with E-state index in [2.05, 4.69) is 9.97 Å². The van der Waals surface area contributed by atoms with Crippen molar-refractivity contribution in [1.82, 2.24) is 14.7 Å². The number of hydrogen-bond donors (Lipinski definition) is 1. The standard InChI is InChI=1S/C18H19N3O3/c1-4-24-14-7-8-15(16(10-14)23-3)18-20-12(2)17(21(18)22)13-6-5-9-19-11-13/h5-11,22H,4H2,1-3H3. The van der Waals surface area contributed by atoms with Crippen molar-refractivity contribution in [3.63, 3.8) is 0 Å². The molecule has 24 heavy (non-hydrogen) atoms. The molecule has 0 amide bonds. The summed E-state index contributed by atoms with van der Waals surface area (Å²) in [6.45, 7) is 4.34. The summed E-state index contributed by atoms with van der Waals surface area (Å²) in [6, 6.07) is 9.13. The third-order valence-corrected chi connectivity index (χ3v) is 3.69. The normalized spacial score (nSPS) is 10.6. The van der Waals surface area contributed by atoms with Gasteiger partial charge in [0.1, 0.15) is 17.2 Å². The molecule has 0 aliphatic heterocycles. The van der Waals surface area contributed by atoms with E-state index in [1.807, 2.05) is 38.1 Å². The first-order chi connectivity index (χ1) is 11.7. The average molecular weight is 325 g/mol. The van der Waals surface area contributed by atoms with E-state index in [0.29, 0.717) is 40.9 Å². The van der Waals surface area contributed by atoms with Gasteiger partial charge in [0, 0.05) is 24.0 Å². The van der Waals surface area contributed by atoms with Crippen molar-refractivity contribution in [2.75, 3.05) is 13.7 Å². The van der Waals surface area contributed by atoms with Gasteiger partial charge in [-0.1, -0.05) is 0 Å². The van der Waals surface area contributed by atoms with Crippen LogP contribution in [0.4, 0.5) is 0 Å². The van der Waals surface area contributed by atoms with Crippen LogP contribution >= 0.6 is 0 Å². The molecule has 0 aliphatic carbocycles. The van der Waals surface area contributed by atoms with Crippen molar-refractivity contribution in [2.24, 2.45) is 0 Å². The van der Waals surface area contributed by atoms with Gasteiger partial charge in [-0.3, -0.25) is 4.98 Å². The van der Waals surface area contributed by atoms with Gasteiger partial charge >= 0.3 is 0 Å². The van der Waals surface area contributed by atoms with Gasteiger partial charge in [0.25, 0.3) is 0 Å². The number of nitrogens with zero attached hydrogens (tertiary/aromatic N) is 3. The highest BCUT2D eigenvalue weighted by Gasteiger charge is 2.20. The minimum atomic E-state index is 0.409. The van der Waals surface area contributed by atoms with Crippen molar-refractivity contribution in [3.8, 4) is 34.1 Å². The fourth-order valence-corrected chi connectivity index (χ4v) is 2.64. The third-order valence-electron chi connectivity index (χ3n) is 3.69. The monoisotopic (exact) mass is 325 g/mol. The molecule has 0 fully saturated rings. The first-order valence-electron chi connectivity index (χ1n) is 7.66. The molecule has 0 saturated heterocycles. The number of aryl methyl sites for hydroxylation is 1. The molecule has 3 aromatic rings. The molecule has 1 N–H and O–H groups in total. The van der Waals surface area contributed by atoms with Crippen LogP contribution in [0.5, 0.6) is 11.5 Å². The zero-order chi connectivity index (χ0) is 17.1. The summed E-state index contributed by atoms with van der Waals surface area (Å²) >= 11 is 0. The van der Waals surface area contributed by atoms with E-state index in [-0.39, 0.29) is 0 Å². The van der Waals surface area contributed by atoms with E-state index < -0.39 is 0 Å². The van der Waals surface area contributed by atoms with E-state index in [0.717, 1.165) is 10.3 Å². The molecule has 2 aromatic heterocycles. The van der Waals surface area contributed by atoms with Crippen LogP contribution in [-0.2, 0) is 0 Å². The van der Waals surface area contributed by atoms with Crippen LogP contribution in [0.1, 0.15) is 12.6 Å². The topological polar surface area (TPSA) is 69.4 Å². The number of methoxy groups -OCH3 is 1. The van der Waals surface area contributed by atoms with Crippen molar-refractivity contribution in [2.45, 2.75) is 13.8 Å². The van der Waals surface area contributed by atoms with Crippen LogP contribution in [-0.4, -0.2) is 33.6 Å². The molecule has 0 aliphatic rings. The quantitative estimate of drug-likeness (QED) is 0.726. The molecule has 0 atom stereocenters. The number of imidazole rings is 1. The second-order valence-corrected chi connectivity index (χ2v) is 5.22. The summed E-state index contributed by atoms with van der Waals surface area (Å²) in [5.74, 6) is 1.70. The molecule has 2 heterocycles. The molecule has 0 unspecified atom stereocenters. The van der Waals surface area contributed by atoms with E-state index in [4.69, 9.17) is 9.47 Å². The van der Waals surface area contributed by atoms with E-state index >= 15 is 0 Å². The molecule has 6 nitrogen and oxygen atoms in total. The van der Waals surface area contributed by atoms with E-state index in [9.17, 15) is 5.21 Å². The number of ether oxygens (including phenoxy) is 2. The lowest BCUT2D eigenvalue weighted by atomic mass is 10.1. The summed E-state index contributed by atoms with van der Waals surface area (Å²) in [6.07, 6.45) is 3.38. The second kappa shape index (κ2) is 6.62. The summed E-state index contributed by atoms with van der Waals surface area (Å²) < 4.78 is 12.0. The minimum Gasteiger partial charge on any atom is -0.496 e. The van der Waals surface area contributed by atoms with Gasteiger partial charge in [0.05, 0.1) is 25.0 Å². The van der Waals surface area contributed by atoms with Gasteiger partial charge in [-0.15, -0.1) is 0 Å². The first kappa shape index (κ1) is 15.9. The Bertz CT molecular complexity index is 844. The zero-order valence-electron chi connectivity index (χ0n) is 13.9. The van der Waals surface area contributed by atoms with Crippen LogP contribution in [0.3, 0.4) is 0 Å². The van der Waals surface area contributed by atoms with Crippen LogP contribution in [0.15, 0.2) is 42.7 Å². The Morgan fingerprint density at radius 1 is 1.25 bits per heavy atom. The lowest BCUT2D eigenvalue weighted by Gasteiger charge is -2.11. The molecular weight excluding hydrogens is 306 g/mol. The number of pyridine rings is 1. The molecule has 0 radical (unpaired) electrons. The SMILES string of the molecule is CCOc1ccc(-c2nc(C)c(-c3cccnc3)n2O)c(OC)c1. The van der Waals surface area contributed by atoms with Crippen LogP contribution in [0.2, 0.25) is 0 Å². The Hall–Kier alpha value is -3.02. The van der Waals surface area contributed by atoms with Crippen LogP contribution in [0, 0.1) is 6.92 Å². The molecule has 6 heteroatoms. The fraction of sp³-hybridized carbons (Fsp3) is 0.222. The first-order valence-corrected chi connectivity index (χ1v) is 7.66. The summed E-state index contributed by atoms with van der Waals surface area (Å²) in [5.41, 5.74) is 2.79. The number of benzene rings is 1. The molecule has 124 valence electrons. The summed E-state index contributed by atoms with van der Waals surface area (Å²) in [4.78, 5) is 8.60. The molecular formula is C18H19N3O3. The molecule has 1 aromatic carbocycles. The summed E-state index contributed by atoms with van der Waals surface area (Å²) in [5, 5.41) is 10.6. The largest absolute Gasteiger partial charge is 0.496 e. The highest BCUT2D eigenvalue weighted by molar-refractivity contribution is 5.71. The zero-order valence-corrected chi connectivity index (χ0v) is 13.9. The maximum atomic E-state index is 10.6. The van der Waals surface area contributed by atoms with Crippen LogP contribution < -0.4 is 9.47 Å². The number of rotatable bonds is 5. The van der Waals surface area contributed by atoms with Crippen LogP contribution in [0.25, 0.3) is 22.6 Å². The van der Waals surface area contributed by atoms with Crippen molar-refractivity contribution >= 4 is 0 Å². The predicted molar refractivity (Wildman–Crippen MR) is 90.5 cm³/mol. The van der Waals surface area contributed by atoms with Crippen molar-refractivity contribution in [1.29, 1.82) is 0 Å². The van der Waals surface area contributed by atoms with Gasteiger partial charge in [0.15, 0.2) is 5.82 Å². The summed E-state index contributed by atoms with van der Waals surface area (Å²) in [7, 11) is 1.58.